The molecule has 1 saturated carbocycles. The highest BCUT2D eigenvalue weighted by atomic mass is 19.4. The van der Waals surface area contributed by atoms with Crippen LogP contribution in [-0.2, 0) is 12.6 Å². The van der Waals surface area contributed by atoms with Gasteiger partial charge in [-0.1, -0.05) is 18.2 Å². The zero-order chi connectivity index (χ0) is 22.5. The SMILES string of the molecule is Nc1ccc(-c2ccc3cnn(-c4cccc(C(F)(F)F)n4)c3c2)nc1CC1CC(O)C1. The molecule has 0 amide bonds. The zero-order valence-corrected chi connectivity index (χ0v) is 16.9. The third-order valence-electron chi connectivity index (χ3n) is 5.81. The fourth-order valence-corrected chi connectivity index (χ4v) is 4.04. The number of hydrogen-bond donors (Lipinski definition) is 2. The Labute approximate surface area is 181 Å². The average Bonchev–Trinajstić information content (AvgIpc) is 3.17. The van der Waals surface area contributed by atoms with Crippen molar-refractivity contribution >= 4 is 16.6 Å². The second-order valence-corrected chi connectivity index (χ2v) is 8.14. The van der Waals surface area contributed by atoms with E-state index in [1.165, 1.54) is 16.8 Å². The Hall–Kier alpha value is -3.46. The van der Waals surface area contributed by atoms with Crippen LogP contribution in [0.5, 0.6) is 0 Å². The molecular weight excluding hydrogens is 419 g/mol. The summed E-state index contributed by atoms with van der Waals surface area (Å²) in [6.07, 6.45) is -0.988. The summed E-state index contributed by atoms with van der Waals surface area (Å²) in [4.78, 5) is 8.47. The van der Waals surface area contributed by atoms with Crippen molar-refractivity contribution in [3.05, 3.63) is 66.1 Å². The summed E-state index contributed by atoms with van der Waals surface area (Å²) in [5.74, 6) is 0.451. The van der Waals surface area contributed by atoms with Crippen molar-refractivity contribution in [2.24, 2.45) is 5.92 Å². The molecule has 3 aromatic heterocycles. The van der Waals surface area contributed by atoms with E-state index >= 15 is 0 Å². The Morgan fingerprint density at radius 1 is 1.06 bits per heavy atom. The lowest BCUT2D eigenvalue weighted by molar-refractivity contribution is -0.141. The van der Waals surface area contributed by atoms with Gasteiger partial charge in [0.1, 0.15) is 5.69 Å². The van der Waals surface area contributed by atoms with E-state index in [2.05, 4.69) is 10.1 Å². The van der Waals surface area contributed by atoms with E-state index in [0.29, 0.717) is 29.2 Å². The largest absolute Gasteiger partial charge is 0.433 e. The van der Waals surface area contributed by atoms with Gasteiger partial charge in [0.2, 0.25) is 0 Å². The summed E-state index contributed by atoms with van der Waals surface area (Å²) in [5, 5.41) is 14.5. The molecule has 3 N–H and O–H groups in total. The van der Waals surface area contributed by atoms with Crippen LogP contribution in [0.2, 0.25) is 0 Å². The molecule has 1 aliphatic carbocycles. The van der Waals surface area contributed by atoms with Crippen molar-refractivity contribution in [1.29, 1.82) is 0 Å². The van der Waals surface area contributed by atoms with Gasteiger partial charge in [0.05, 0.1) is 34.9 Å². The van der Waals surface area contributed by atoms with Crippen molar-refractivity contribution in [3.63, 3.8) is 0 Å². The number of nitrogen functional groups attached to an aromatic ring is 1. The summed E-state index contributed by atoms with van der Waals surface area (Å²) in [6, 6.07) is 12.9. The number of aliphatic hydroxyl groups is 1. The fourth-order valence-electron chi connectivity index (χ4n) is 4.04. The zero-order valence-electron chi connectivity index (χ0n) is 16.9. The van der Waals surface area contributed by atoms with Gasteiger partial charge < -0.3 is 10.8 Å². The summed E-state index contributed by atoms with van der Waals surface area (Å²) in [6.45, 7) is 0. The minimum atomic E-state index is -4.54. The number of pyridine rings is 2. The average molecular weight is 439 g/mol. The van der Waals surface area contributed by atoms with Gasteiger partial charge in [-0.2, -0.15) is 18.3 Å². The second kappa shape index (κ2) is 7.59. The van der Waals surface area contributed by atoms with Crippen LogP contribution in [0.15, 0.2) is 54.7 Å². The molecule has 164 valence electrons. The van der Waals surface area contributed by atoms with Gasteiger partial charge in [0.15, 0.2) is 5.82 Å². The molecule has 1 aliphatic rings. The van der Waals surface area contributed by atoms with E-state index in [1.54, 1.807) is 6.20 Å². The summed E-state index contributed by atoms with van der Waals surface area (Å²) >= 11 is 0. The van der Waals surface area contributed by atoms with Crippen LogP contribution in [0.25, 0.3) is 28.0 Å². The molecule has 0 bridgehead atoms. The number of nitrogens with zero attached hydrogens (tertiary/aromatic N) is 4. The number of benzene rings is 1. The molecule has 0 spiro atoms. The molecule has 32 heavy (non-hydrogen) atoms. The molecule has 3 heterocycles. The Morgan fingerprint density at radius 3 is 2.62 bits per heavy atom. The molecule has 4 aromatic rings. The van der Waals surface area contributed by atoms with Gasteiger partial charge >= 0.3 is 6.18 Å². The first-order valence-electron chi connectivity index (χ1n) is 10.2. The highest BCUT2D eigenvalue weighted by molar-refractivity contribution is 5.85. The molecule has 0 radical (unpaired) electrons. The van der Waals surface area contributed by atoms with Gasteiger partial charge in [-0.15, -0.1) is 0 Å². The van der Waals surface area contributed by atoms with Crippen molar-refractivity contribution in [2.75, 3.05) is 5.73 Å². The Kier molecular flexibility index (Phi) is 4.85. The Morgan fingerprint density at radius 2 is 1.88 bits per heavy atom. The smallest absolute Gasteiger partial charge is 0.397 e. The fraction of sp³-hybridized carbons (Fsp3) is 0.261. The van der Waals surface area contributed by atoms with Gasteiger partial charge in [-0.3, -0.25) is 4.98 Å². The van der Waals surface area contributed by atoms with Crippen LogP contribution < -0.4 is 5.73 Å². The number of fused-ring (bicyclic) bond motifs is 1. The molecule has 1 aromatic carbocycles. The van der Waals surface area contributed by atoms with E-state index in [9.17, 15) is 18.3 Å². The van der Waals surface area contributed by atoms with E-state index in [0.717, 1.165) is 35.6 Å². The molecule has 0 atom stereocenters. The van der Waals surface area contributed by atoms with E-state index in [-0.39, 0.29) is 11.9 Å². The quantitative estimate of drug-likeness (QED) is 0.492. The van der Waals surface area contributed by atoms with Gasteiger partial charge in [-0.05, 0) is 55.5 Å². The second-order valence-electron chi connectivity index (χ2n) is 8.14. The van der Waals surface area contributed by atoms with Crippen molar-refractivity contribution in [1.82, 2.24) is 19.7 Å². The maximum absolute atomic E-state index is 13.1. The number of anilines is 1. The number of aromatic nitrogens is 4. The van der Waals surface area contributed by atoms with Gasteiger partial charge in [0, 0.05) is 10.9 Å². The normalized spacial score (nSPS) is 18.6. The first-order valence-corrected chi connectivity index (χ1v) is 10.2. The maximum Gasteiger partial charge on any atom is 0.433 e. The van der Waals surface area contributed by atoms with Crippen LogP contribution in [0.4, 0.5) is 18.9 Å². The predicted octanol–water partition coefficient (Wildman–Crippen LogP) is 4.40. The minimum Gasteiger partial charge on any atom is -0.397 e. The minimum absolute atomic E-state index is 0.0847. The number of halogens is 3. The van der Waals surface area contributed by atoms with Crippen molar-refractivity contribution in [2.45, 2.75) is 31.5 Å². The molecule has 0 saturated heterocycles. The monoisotopic (exact) mass is 439 g/mol. The predicted molar refractivity (Wildman–Crippen MR) is 114 cm³/mol. The number of rotatable bonds is 4. The lowest BCUT2D eigenvalue weighted by Crippen LogP contribution is -2.30. The first-order chi connectivity index (χ1) is 15.3. The third-order valence-corrected chi connectivity index (χ3v) is 5.81. The van der Waals surface area contributed by atoms with Crippen molar-refractivity contribution < 1.29 is 18.3 Å². The van der Waals surface area contributed by atoms with Crippen LogP contribution in [0.1, 0.15) is 24.2 Å². The van der Waals surface area contributed by atoms with Crippen molar-refractivity contribution in [3.8, 4) is 17.1 Å². The molecule has 0 aliphatic heterocycles. The lowest BCUT2D eigenvalue weighted by atomic mass is 9.79. The van der Waals surface area contributed by atoms with E-state index in [1.807, 2.05) is 30.3 Å². The van der Waals surface area contributed by atoms with E-state index < -0.39 is 11.9 Å². The maximum atomic E-state index is 13.1. The molecular formula is C23H20F3N5O. The highest BCUT2D eigenvalue weighted by Gasteiger charge is 2.32. The highest BCUT2D eigenvalue weighted by Crippen LogP contribution is 2.33. The number of hydrogen-bond acceptors (Lipinski definition) is 5. The van der Waals surface area contributed by atoms with Crippen LogP contribution >= 0.6 is 0 Å². The summed E-state index contributed by atoms with van der Waals surface area (Å²) in [7, 11) is 0. The molecule has 9 heteroatoms. The molecule has 1 fully saturated rings. The van der Waals surface area contributed by atoms with Crippen LogP contribution in [-0.4, -0.2) is 31.0 Å². The van der Waals surface area contributed by atoms with Crippen LogP contribution in [0, 0.1) is 5.92 Å². The van der Waals surface area contributed by atoms with Crippen LogP contribution in [0.3, 0.4) is 0 Å². The van der Waals surface area contributed by atoms with E-state index in [4.69, 9.17) is 10.7 Å². The van der Waals surface area contributed by atoms with Gasteiger partial charge in [0.25, 0.3) is 0 Å². The molecule has 0 unspecified atom stereocenters. The lowest BCUT2D eigenvalue weighted by Gasteiger charge is -2.31. The van der Waals surface area contributed by atoms with Gasteiger partial charge in [-0.25, -0.2) is 9.67 Å². The number of alkyl halides is 3. The Bertz CT molecular complexity index is 1290. The first kappa shape index (κ1) is 20.4. The standard InChI is InChI=1S/C23H20F3N5O/c24-23(25,26)21-2-1-3-22(30-21)31-20-11-14(4-5-15(20)12-28-31)18-7-6-17(27)19(29-18)10-13-8-16(32)9-13/h1-7,11-13,16,32H,8-10,27H2. The third kappa shape index (κ3) is 3.80. The number of aliphatic hydroxyl groups excluding tert-OH is 1. The summed E-state index contributed by atoms with van der Waals surface area (Å²) < 4.78 is 40.7. The number of nitrogens with two attached hydrogens (primary N) is 1. The molecule has 6 nitrogen and oxygen atoms in total. The summed E-state index contributed by atoms with van der Waals surface area (Å²) in [5.41, 5.74) is 8.66. The topological polar surface area (TPSA) is 89.9 Å². The molecule has 5 rings (SSSR count). The Balaban J connectivity index is 1.52.